The SMILES string of the molecule is C=C.CCC(OC)c1ccc(C(C)C)s1. The zero-order valence-electron chi connectivity index (χ0n) is 10.2. The average Bonchev–Trinajstić information content (AvgIpc) is 2.72. The molecule has 0 N–H and O–H groups in total. The van der Waals surface area contributed by atoms with Gasteiger partial charge in [0.1, 0.15) is 0 Å². The molecule has 2 heteroatoms. The molecule has 15 heavy (non-hydrogen) atoms. The van der Waals surface area contributed by atoms with E-state index in [0.29, 0.717) is 5.92 Å². The monoisotopic (exact) mass is 226 g/mol. The van der Waals surface area contributed by atoms with Gasteiger partial charge in [0.15, 0.2) is 0 Å². The lowest BCUT2D eigenvalue weighted by Crippen LogP contribution is -1.95. The first-order chi connectivity index (χ1) is 7.19. The zero-order chi connectivity index (χ0) is 11.8. The van der Waals surface area contributed by atoms with Crippen LogP contribution in [-0.4, -0.2) is 7.11 Å². The van der Waals surface area contributed by atoms with Crippen LogP contribution in [0.2, 0.25) is 0 Å². The number of ether oxygens (including phenoxy) is 1. The van der Waals surface area contributed by atoms with Gasteiger partial charge >= 0.3 is 0 Å². The molecule has 0 amide bonds. The maximum absolute atomic E-state index is 5.39. The Kier molecular flexibility index (Phi) is 7.35. The molecule has 86 valence electrons. The smallest absolute Gasteiger partial charge is 0.0910 e. The van der Waals surface area contributed by atoms with Gasteiger partial charge in [0, 0.05) is 16.9 Å². The molecule has 1 nitrogen and oxygen atoms in total. The summed E-state index contributed by atoms with van der Waals surface area (Å²) in [5, 5.41) is 0. The van der Waals surface area contributed by atoms with E-state index >= 15 is 0 Å². The summed E-state index contributed by atoms with van der Waals surface area (Å²) >= 11 is 1.87. The summed E-state index contributed by atoms with van der Waals surface area (Å²) in [6, 6.07) is 4.41. The van der Waals surface area contributed by atoms with E-state index < -0.39 is 0 Å². The fourth-order valence-corrected chi connectivity index (χ4v) is 2.51. The number of hydrogen-bond acceptors (Lipinski definition) is 2. The highest BCUT2D eigenvalue weighted by Gasteiger charge is 2.11. The first-order valence-corrected chi connectivity index (χ1v) is 6.13. The highest BCUT2D eigenvalue weighted by atomic mass is 32.1. The van der Waals surface area contributed by atoms with Crippen LogP contribution >= 0.6 is 11.3 Å². The van der Waals surface area contributed by atoms with E-state index in [2.05, 4.69) is 46.1 Å². The van der Waals surface area contributed by atoms with Crippen molar-refractivity contribution in [3.8, 4) is 0 Å². The number of methoxy groups -OCH3 is 1. The highest BCUT2D eigenvalue weighted by molar-refractivity contribution is 7.12. The van der Waals surface area contributed by atoms with Gasteiger partial charge in [-0.25, -0.2) is 0 Å². The molecular weight excluding hydrogens is 204 g/mol. The summed E-state index contributed by atoms with van der Waals surface area (Å²) in [4.78, 5) is 2.80. The second kappa shape index (κ2) is 7.66. The maximum Gasteiger partial charge on any atom is 0.0910 e. The van der Waals surface area contributed by atoms with Crippen LogP contribution in [-0.2, 0) is 4.74 Å². The van der Waals surface area contributed by atoms with E-state index in [4.69, 9.17) is 4.74 Å². The molecule has 0 aliphatic heterocycles. The Balaban J connectivity index is 0.000000921. The maximum atomic E-state index is 5.39. The van der Waals surface area contributed by atoms with Crippen LogP contribution in [0.25, 0.3) is 0 Å². The van der Waals surface area contributed by atoms with Crippen LogP contribution in [0, 0.1) is 0 Å². The van der Waals surface area contributed by atoms with Crippen molar-refractivity contribution in [2.24, 2.45) is 0 Å². The van der Waals surface area contributed by atoms with E-state index in [0.717, 1.165) is 6.42 Å². The Morgan fingerprint density at radius 2 is 1.80 bits per heavy atom. The van der Waals surface area contributed by atoms with Crippen LogP contribution < -0.4 is 0 Å². The molecule has 0 fully saturated rings. The van der Waals surface area contributed by atoms with Gasteiger partial charge in [-0.2, -0.15) is 0 Å². The van der Waals surface area contributed by atoms with Gasteiger partial charge < -0.3 is 4.74 Å². The lowest BCUT2D eigenvalue weighted by atomic mass is 10.2. The lowest BCUT2D eigenvalue weighted by Gasteiger charge is -2.09. The first-order valence-electron chi connectivity index (χ1n) is 5.31. The van der Waals surface area contributed by atoms with E-state index in [9.17, 15) is 0 Å². The summed E-state index contributed by atoms with van der Waals surface area (Å²) < 4.78 is 5.39. The predicted molar refractivity (Wildman–Crippen MR) is 69.7 cm³/mol. The van der Waals surface area contributed by atoms with E-state index in [-0.39, 0.29) is 6.10 Å². The van der Waals surface area contributed by atoms with E-state index in [1.807, 2.05) is 11.3 Å². The molecule has 0 spiro atoms. The van der Waals surface area contributed by atoms with Crippen molar-refractivity contribution in [3.63, 3.8) is 0 Å². The van der Waals surface area contributed by atoms with Crippen molar-refractivity contribution in [2.75, 3.05) is 7.11 Å². The fraction of sp³-hybridized carbons (Fsp3) is 0.538. The summed E-state index contributed by atoms with van der Waals surface area (Å²) in [7, 11) is 1.78. The molecule has 1 heterocycles. The molecule has 0 saturated carbocycles. The third kappa shape index (κ3) is 4.18. The normalized spacial score (nSPS) is 12.1. The predicted octanol–water partition coefficient (Wildman–Crippen LogP) is 4.77. The molecule has 0 bridgehead atoms. The molecule has 0 aromatic carbocycles. The average molecular weight is 226 g/mol. The van der Waals surface area contributed by atoms with Crippen LogP contribution in [0.1, 0.15) is 49.0 Å². The number of hydrogen-bond donors (Lipinski definition) is 0. The van der Waals surface area contributed by atoms with Crippen molar-refractivity contribution < 1.29 is 4.74 Å². The van der Waals surface area contributed by atoms with Crippen molar-refractivity contribution in [1.82, 2.24) is 0 Å². The number of rotatable bonds is 4. The summed E-state index contributed by atoms with van der Waals surface area (Å²) in [5.74, 6) is 0.633. The Labute approximate surface area is 97.8 Å². The topological polar surface area (TPSA) is 9.23 Å². The molecule has 1 unspecified atom stereocenters. The zero-order valence-corrected chi connectivity index (χ0v) is 11.1. The van der Waals surface area contributed by atoms with Crippen molar-refractivity contribution in [3.05, 3.63) is 35.0 Å². The van der Waals surface area contributed by atoms with Gasteiger partial charge in [0.2, 0.25) is 0 Å². The Hall–Kier alpha value is -0.600. The molecule has 1 aromatic heterocycles. The second-order valence-electron chi connectivity index (χ2n) is 3.53. The van der Waals surface area contributed by atoms with E-state index in [1.165, 1.54) is 9.75 Å². The van der Waals surface area contributed by atoms with Gasteiger partial charge in [-0.05, 0) is 24.5 Å². The van der Waals surface area contributed by atoms with Crippen molar-refractivity contribution in [2.45, 2.75) is 39.2 Å². The van der Waals surface area contributed by atoms with E-state index in [1.54, 1.807) is 7.11 Å². The lowest BCUT2D eigenvalue weighted by molar-refractivity contribution is 0.103. The molecule has 1 rings (SSSR count). The molecule has 0 aliphatic carbocycles. The van der Waals surface area contributed by atoms with Gasteiger partial charge in [-0.15, -0.1) is 24.5 Å². The fourth-order valence-electron chi connectivity index (χ4n) is 1.34. The molecule has 1 aromatic rings. The van der Waals surface area contributed by atoms with Crippen LogP contribution in [0.4, 0.5) is 0 Å². The number of thiophene rings is 1. The Bertz CT molecular complexity index is 261. The minimum absolute atomic E-state index is 0.289. The summed E-state index contributed by atoms with van der Waals surface area (Å²) in [5.41, 5.74) is 0. The Morgan fingerprint density at radius 1 is 1.27 bits per heavy atom. The Morgan fingerprint density at radius 3 is 2.13 bits per heavy atom. The van der Waals surface area contributed by atoms with Crippen molar-refractivity contribution in [1.29, 1.82) is 0 Å². The minimum Gasteiger partial charge on any atom is -0.376 e. The standard InChI is InChI=1S/C11H18OS.C2H4/c1-5-9(12-4)11-7-6-10(13-11)8(2)3;1-2/h6-9H,5H2,1-4H3;1-2H2. The van der Waals surface area contributed by atoms with Crippen LogP contribution in [0.5, 0.6) is 0 Å². The molecule has 1 atom stereocenters. The van der Waals surface area contributed by atoms with Gasteiger partial charge in [-0.3, -0.25) is 0 Å². The second-order valence-corrected chi connectivity index (χ2v) is 4.67. The van der Waals surface area contributed by atoms with Crippen LogP contribution in [0.3, 0.4) is 0 Å². The van der Waals surface area contributed by atoms with Gasteiger partial charge in [0.05, 0.1) is 6.10 Å². The third-order valence-corrected chi connectivity index (χ3v) is 3.67. The molecule has 0 saturated heterocycles. The quantitative estimate of drug-likeness (QED) is 0.672. The van der Waals surface area contributed by atoms with Gasteiger partial charge in [-0.1, -0.05) is 20.8 Å². The first kappa shape index (κ1) is 14.4. The highest BCUT2D eigenvalue weighted by Crippen LogP contribution is 2.31. The minimum atomic E-state index is 0.289. The summed E-state index contributed by atoms with van der Waals surface area (Å²) in [6.07, 6.45) is 1.34. The molecular formula is C13H22OS. The third-order valence-electron chi connectivity index (χ3n) is 2.19. The molecule has 0 radical (unpaired) electrons. The largest absolute Gasteiger partial charge is 0.376 e. The summed E-state index contributed by atoms with van der Waals surface area (Å²) in [6.45, 7) is 12.6. The van der Waals surface area contributed by atoms with Crippen molar-refractivity contribution >= 4 is 11.3 Å². The van der Waals surface area contributed by atoms with Crippen LogP contribution in [0.15, 0.2) is 25.3 Å². The van der Waals surface area contributed by atoms with Gasteiger partial charge in [0.25, 0.3) is 0 Å². The molecule has 0 aliphatic rings.